The topological polar surface area (TPSA) is 74.8 Å². The van der Waals surface area contributed by atoms with E-state index in [0.717, 1.165) is 69.1 Å². The molecule has 7 aromatic carbocycles. The van der Waals surface area contributed by atoms with Crippen LogP contribution in [0.1, 0.15) is 79.2 Å². The van der Waals surface area contributed by atoms with Gasteiger partial charge in [-0.2, -0.15) is 0 Å². The van der Waals surface area contributed by atoms with Gasteiger partial charge < -0.3 is 0 Å². The van der Waals surface area contributed by atoms with Crippen molar-refractivity contribution in [3.05, 3.63) is 130 Å². The highest BCUT2D eigenvalue weighted by Crippen LogP contribution is 2.47. The Hall–Kier alpha value is -5.88. The van der Waals surface area contributed by atoms with Crippen LogP contribution in [0.25, 0.3) is 43.1 Å². The molecule has 0 atom stereocenters. The number of hydrogen-bond acceptors (Lipinski definition) is 4. The van der Waals surface area contributed by atoms with Crippen molar-refractivity contribution in [2.45, 2.75) is 39.5 Å². The van der Waals surface area contributed by atoms with Crippen molar-refractivity contribution in [1.29, 1.82) is 0 Å². The lowest BCUT2D eigenvalue weighted by Crippen LogP contribution is -2.40. The van der Waals surface area contributed by atoms with Gasteiger partial charge in [0.1, 0.15) is 0 Å². The lowest BCUT2D eigenvalue weighted by molar-refractivity contribution is 0.0877. The number of nitrogens with zero attached hydrogens (tertiary/aromatic N) is 2. The van der Waals surface area contributed by atoms with Crippen LogP contribution >= 0.6 is 0 Å². The van der Waals surface area contributed by atoms with Crippen molar-refractivity contribution in [2.24, 2.45) is 0 Å². The van der Waals surface area contributed by atoms with Crippen LogP contribution in [-0.4, -0.2) is 23.6 Å². The van der Waals surface area contributed by atoms with Crippen LogP contribution in [0.4, 0.5) is 11.4 Å². The molecule has 0 aliphatic carbocycles. The molecule has 0 fully saturated rings. The normalized spacial score (nSPS) is 14.5. The fourth-order valence-corrected chi connectivity index (χ4v) is 8.02. The molecule has 0 spiro atoms. The Balaban J connectivity index is 1.25. The van der Waals surface area contributed by atoms with Gasteiger partial charge in [-0.1, -0.05) is 75.2 Å². The van der Waals surface area contributed by atoms with Gasteiger partial charge >= 0.3 is 0 Å². The van der Waals surface area contributed by atoms with Crippen LogP contribution in [0.15, 0.2) is 97.1 Å². The molecule has 9 rings (SSSR count). The summed E-state index contributed by atoms with van der Waals surface area (Å²) in [6.45, 7) is 4.20. The maximum atomic E-state index is 14.1. The molecule has 0 N–H and O–H groups in total. The monoisotopic (exact) mass is 626 g/mol. The van der Waals surface area contributed by atoms with Crippen LogP contribution in [-0.2, 0) is 12.8 Å². The van der Waals surface area contributed by atoms with E-state index >= 15 is 0 Å². The van der Waals surface area contributed by atoms with Gasteiger partial charge in [0.15, 0.2) is 0 Å². The lowest BCUT2D eigenvalue weighted by Gasteiger charge is -2.30. The van der Waals surface area contributed by atoms with E-state index in [9.17, 15) is 19.2 Å². The minimum atomic E-state index is -0.347. The fraction of sp³-hybridized carbons (Fsp3) is 0.143. The number of benzene rings is 7. The molecule has 6 nitrogen and oxygen atoms in total. The maximum absolute atomic E-state index is 14.1. The second-order valence-electron chi connectivity index (χ2n) is 12.9. The second-order valence-corrected chi connectivity index (χ2v) is 12.9. The first kappa shape index (κ1) is 28.4. The Kier molecular flexibility index (Phi) is 6.09. The lowest BCUT2D eigenvalue weighted by atomic mass is 9.82. The standard InChI is InChI=1S/C42H30N2O4/c1-3-7-23-9-5-11-25(21-23)43-39(45)31-17-13-27-29-15-19-33-38-34(42(48)44(41(33)47)26-12-6-10-24(22-26)8-4-2)20-16-30(36(29)38)28-14-18-32(40(43)46)37(31)35(27)28/h5-6,9-22H,3-4,7-8H2,1-2H3. The minimum Gasteiger partial charge on any atom is -0.268 e. The van der Waals surface area contributed by atoms with E-state index < -0.39 is 0 Å². The molecule has 2 heterocycles. The van der Waals surface area contributed by atoms with Gasteiger partial charge in [0.2, 0.25) is 0 Å². The Morgan fingerprint density at radius 2 is 0.750 bits per heavy atom. The van der Waals surface area contributed by atoms with Crippen molar-refractivity contribution in [3.63, 3.8) is 0 Å². The van der Waals surface area contributed by atoms with E-state index in [4.69, 9.17) is 0 Å². The second kappa shape index (κ2) is 10.3. The van der Waals surface area contributed by atoms with E-state index in [1.807, 2.05) is 97.1 Å². The summed E-state index contributed by atoms with van der Waals surface area (Å²) in [7, 11) is 0. The van der Waals surface area contributed by atoms with Gasteiger partial charge in [0.25, 0.3) is 23.6 Å². The van der Waals surface area contributed by atoms with Crippen molar-refractivity contribution in [3.8, 4) is 0 Å². The molecule has 232 valence electrons. The maximum Gasteiger partial charge on any atom is 0.265 e. The first-order chi connectivity index (χ1) is 23.4. The average Bonchev–Trinajstić information content (AvgIpc) is 3.10. The summed E-state index contributed by atoms with van der Waals surface area (Å²) >= 11 is 0. The molecule has 0 saturated heterocycles. The third-order valence-electron chi connectivity index (χ3n) is 10.1. The summed E-state index contributed by atoms with van der Waals surface area (Å²) in [4.78, 5) is 58.9. The fourth-order valence-electron chi connectivity index (χ4n) is 8.02. The number of aryl methyl sites for hydroxylation is 2. The number of hydrogen-bond donors (Lipinski definition) is 0. The summed E-state index contributed by atoms with van der Waals surface area (Å²) < 4.78 is 0. The van der Waals surface area contributed by atoms with E-state index in [-0.39, 0.29) is 23.6 Å². The molecule has 0 radical (unpaired) electrons. The van der Waals surface area contributed by atoms with Crippen LogP contribution in [0.3, 0.4) is 0 Å². The van der Waals surface area contributed by atoms with Crippen molar-refractivity contribution in [1.82, 2.24) is 0 Å². The first-order valence-electron chi connectivity index (χ1n) is 16.6. The van der Waals surface area contributed by atoms with E-state index in [0.29, 0.717) is 44.4 Å². The third-order valence-corrected chi connectivity index (χ3v) is 10.1. The highest BCUT2D eigenvalue weighted by Gasteiger charge is 2.38. The van der Waals surface area contributed by atoms with Gasteiger partial charge in [-0.25, -0.2) is 9.80 Å². The smallest absolute Gasteiger partial charge is 0.265 e. The number of anilines is 2. The number of rotatable bonds is 6. The van der Waals surface area contributed by atoms with E-state index in [1.54, 1.807) is 0 Å². The van der Waals surface area contributed by atoms with Crippen LogP contribution < -0.4 is 9.80 Å². The highest BCUT2D eigenvalue weighted by atomic mass is 16.2. The molecule has 0 aromatic heterocycles. The van der Waals surface area contributed by atoms with Gasteiger partial charge in [-0.3, -0.25) is 19.2 Å². The average molecular weight is 627 g/mol. The summed E-state index contributed by atoms with van der Waals surface area (Å²) in [5.41, 5.74) is 5.21. The van der Waals surface area contributed by atoms with Gasteiger partial charge in [0.05, 0.1) is 11.4 Å². The Morgan fingerprint density at radius 1 is 0.417 bits per heavy atom. The molecular formula is C42H30N2O4. The van der Waals surface area contributed by atoms with Gasteiger partial charge in [-0.15, -0.1) is 0 Å². The largest absolute Gasteiger partial charge is 0.268 e. The van der Waals surface area contributed by atoms with Gasteiger partial charge in [-0.05, 0) is 105 Å². The molecule has 0 saturated carbocycles. The zero-order valence-corrected chi connectivity index (χ0v) is 26.6. The number of fused-ring (bicyclic) bond motifs is 2. The van der Waals surface area contributed by atoms with Crippen molar-refractivity contribution in [2.75, 3.05) is 9.80 Å². The van der Waals surface area contributed by atoms with E-state index in [2.05, 4.69) is 13.8 Å². The molecule has 0 bridgehead atoms. The molecule has 4 amide bonds. The molecule has 6 heteroatoms. The summed E-state index contributed by atoms with van der Waals surface area (Å²) in [6, 6.07) is 30.3. The zero-order valence-electron chi connectivity index (χ0n) is 26.6. The minimum absolute atomic E-state index is 0.347. The van der Waals surface area contributed by atoms with Crippen LogP contribution in [0, 0.1) is 0 Å². The highest BCUT2D eigenvalue weighted by molar-refractivity contribution is 6.45. The van der Waals surface area contributed by atoms with Crippen LogP contribution in [0.2, 0.25) is 0 Å². The van der Waals surface area contributed by atoms with E-state index in [1.165, 1.54) is 9.80 Å². The number of amides is 4. The summed E-state index contributed by atoms with van der Waals surface area (Å²) in [5, 5.41) is 6.45. The van der Waals surface area contributed by atoms with Gasteiger partial charge in [0, 0.05) is 33.0 Å². The Morgan fingerprint density at radius 3 is 1.06 bits per heavy atom. The number of carbonyl (C=O) groups is 4. The van der Waals surface area contributed by atoms with Crippen LogP contribution in [0.5, 0.6) is 0 Å². The zero-order chi connectivity index (χ0) is 32.8. The number of carbonyl (C=O) groups excluding carboxylic acids is 4. The molecule has 2 aliphatic rings. The Labute approximate surface area is 276 Å². The Bertz CT molecular complexity index is 2280. The SMILES string of the molecule is CCCc1cccc(N2C(=O)c3ccc4c5ccc6c7c(ccc(c8ccc(c3c48)C2=O)c75)C(=O)N(c2cccc(CCC)c2)C6=O)c1. The number of imide groups is 2. The molecule has 48 heavy (non-hydrogen) atoms. The predicted molar refractivity (Wildman–Crippen MR) is 191 cm³/mol. The van der Waals surface area contributed by atoms with Crippen molar-refractivity contribution < 1.29 is 19.2 Å². The quantitative estimate of drug-likeness (QED) is 0.105. The summed E-state index contributed by atoms with van der Waals surface area (Å²) in [6.07, 6.45) is 3.64. The molecule has 2 aliphatic heterocycles. The predicted octanol–water partition coefficient (Wildman–Crippen LogP) is 9.24. The molecule has 0 unspecified atom stereocenters. The van der Waals surface area contributed by atoms with Crippen molar-refractivity contribution >= 4 is 78.1 Å². The third kappa shape index (κ3) is 3.74. The molecular weight excluding hydrogens is 596 g/mol. The first-order valence-corrected chi connectivity index (χ1v) is 16.6. The summed E-state index contributed by atoms with van der Waals surface area (Å²) in [5.74, 6) is -1.39. The molecule has 7 aromatic rings.